The predicted molar refractivity (Wildman–Crippen MR) is 65.4 cm³/mol. The lowest BCUT2D eigenvalue weighted by atomic mass is 10.1. The Morgan fingerprint density at radius 3 is 2.21 bits per heavy atom. The maximum absolute atomic E-state index is 12.4. The zero-order chi connectivity index (χ0) is 13.9. The predicted octanol–water partition coefficient (Wildman–Crippen LogP) is 3.91. The average molecular weight is 267 g/mol. The minimum absolute atomic E-state index is 0.459. The maximum atomic E-state index is 12.4. The molecule has 0 aliphatic carbocycles. The van der Waals surface area contributed by atoms with E-state index in [9.17, 15) is 13.2 Å². The highest BCUT2D eigenvalue weighted by Crippen LogP contribution is 2.30. The number of halogens is 3. The van der Waals surface area contributed by atoms with Crippen molar-refractivity contribution in [1.82, 2.24) is 4.98 Å². The molecule has 2 aromatic rings. The van der Waals surface area contributed by atoms with E-state index >= 15 is 0 Å². The molecule has 0 amide bonds. The molecule has 19 heavy (non-hydrogen) atoms. The minimum atomic E-state index is -4.31. The largest absolute Gasteiger partial charge is 0.416 e. The normalized spacial score (nSPS) is 11.6. The molecule has 0 saturated heterocycles. The standard InChI is InChI=1S/C14H12F3NO/c1-19-9-10-2-7-13(18-8-10)11-3-5-12(6-4-11)14(15,16)17/h2-8H,9H2,1H3. The molecule has 2 rings (SSSR count). The topological polar surface area (TPSA) is 22.1 Å². The van der Waals surface area contributed by atoms with Crippen LogP contribution in [0.15, 0.2) is 42.6 Å². The number of pyridine rings is 1. The van der Waals surface area contributed by atoms with Gasteiger partial charge in [-0.3, -0.25) is 4.98 Å². The molecular formula is C14H12F3NO. The molecule has 2 nitrogen and oxygen atoms in total. The minimum Gasteiger partial charge on any atom is -0.380 e. The van der Waals surface area contributed by atoms with Crippen LogP contribution in [0.1, 0.15) is 11.1 Å². The highest BCUT2D eigenvalue weighted by Gasteiger charge is 2.29. The van der Waals surface area contributed by atoms with Crippen molar-refractivity contribution in [3.05, 3.63) is 53.7 Å². The van der Waals surface area contributed by atoms with E-state index in [0.717, 1.165) is 17.7 Å². The Morgan fingerprint density at radius 2 is 1.74 bits per heavy atom. The van der Waals surface area contributed by atoms with Crippen molar-refractivity contribution >= 4 is 0 Å². The van der Waals surface area contributed by atoms with Gasteiger partial charge in [0.15, 0.2) is 0 Å². The summed E-state index contributed by atoms with van der Waals surface area (Å²) in [5.41, 5.74) is 1.54. The van der Waals surface area contributed by atoms with E-state index in [1.807, 2.05) is 6.07 Å². The van der Waals surface area contributed by atoms with E-state index in [1.165, 1.54) is 12.1 Å². The van der Waals surface area contributed by atoms with E-state index in [-0.39, 0.29) is 0 Å². The van der Waals surface area contributed by atoms with Gasteiger partial charge in [-0.15, -0.1) is 0 Å². The number of hydrogen-bond acceptors (Lipinski definition) is 2. The van der Waals surface area contributed by atoms with Crippen LogP contribution < -0.4 is 0 Å². The highest BCUT2D eigenvalue weighted by molar-refractivity contribution is 5.59. The van der Waals surface area contributed by atoms with Gasteiger partial charge >= 0.3 is 6.18 Å². The van der Waals surface area contributed by atoms with Gasteiger partial charge in [0.1, 0.15) is 0 Å². The molecule has 5 heteroatoms. The number of methoxy groups -OCH3 is 1. The summed E-state index contributed by atoms with van der Waals surface area (Å²) in [6.07, 6.45) is -2.66. The molecule has 0 N–H and O–H groups in total. The van der Waals surface area contributed by atoms with Gasteiger partial charge in [-0.25, -0.2) is 0 Å². The molecule has 0 fully saturated rings. The second-order valence-electron chi connectivity index (χ2n) is 4.06. The summed E-state index contributed by atoms with van der Waals surface area (Å²) in [7, 11) is 1.59. The Kier molecular flexibility index (Phi) is 3.85. The Balaban J connectivity index is 2.22. The van der Waals surface area contributed by atoms with Gasteiger partial charge in [-0.1, -0.05) is 18.2 Å². The molecule has 1 heterocycles. The Morgan fingerprint density at radius 1 is 1.05 bits per heavy atom. The van der Waals surface area contributed by atoms with Gasteiger partial charge in [0.05, 0.1) is 17.9 Å². The lowest BCUT2D eigenvalue weighted by Gasteiger charge is -2.07. The third kappa shape index (κ3) is 3.32. The molecule has 0 radical (unpaired) electrons. The Hall–Kier alpha value is -1.88. The number of aromatic nitrogens is 1. The van der Waals surface area contributed by atoms with Crippen LogP contribution in [0.25, 0.3) is 11.3 Å². The van der Waals surface area contributed by atoms with Crippen molar-refractivity contribution in [2.24, 2.45) is 0 Å². The number of hydrogen-bond donors (Lipinski definition) is 0. The Bertz CT molecular complexity index is 532. The smallest absolute Gasteiger partial charge is 0.380 e. The SMILES string of the molecule is COCc1ccc(-c2ccc(C(F)(F)F)cc2)nc1. The summed E-state index contributed by atoms with van der Waals surface area (Å²) in [4.78, 5) is 4.20. The number of ether oxygens (including phenoxy) is 1. The van der Waals surface area contributed by atoms with Crippen LogP contribution in [0.3, 0.4) is 0 Å². The molecule has 0 unspecified atom stereocenters. The first kappa shape index (κ1) is 13.5. The number of rotatable bonds is 3. The quantitative estimate of drug-likeness (QED) is 0.841. The maximum Gasteiger partial charge on any atom is 0.416 e. The van der Waals surface area contributed by atoms with Gasteiger partial charge in [0.2, 0.25) is 0 Å². The van der Waals surface area contributed by atoms with Gasteiger partial charge in [-0.2, -0.15) is 13.2 Å². The third-order valence-electron chi connectivity index (χ3n) is 2.64. The number of nitrogens with zero attached hydrogens (tertiary/aromatic N) is 1. The lowest BCUT2D eigenvalue weighted by molar-refractivity contribution is -0.137. The second kappa shape index (κ2) is 5.40. The number of benzene rings is 1. The van der Waals surface area contributed by atoms with Crippen LogP contribution in [0, 0.1) is 0 Å². The number of alkyl halides is 3. The van der Waals surface area contributed by atoms with Crippen LogP contribution in [-0.2, 0) is 17.5 Å². The first-order valence-corrected chi connectivity index (χ1v) is 5.62. The van der Waals surface area contributed by atoms with E-state index in [2.05, 4.69) is 4.98 Å². The van der Waals surface area contributed by atoms with E-state index in [0.29, 0.717) is 17.9 Å². The first-order valence-electron chi connectivity index (χ1n) is 5.62. The molecule has 0 bridgehead atoms. The fourth-order valence-electron chi connectivity index (χ4n) is 1.68. The van der Waals surface area contributed by atoms with Crippen molar-refractivity contribution in [2.75, 3.05) is 7.11 Å². The fraction of sp³-hybridized carbons (Fsp3) is 0.214. The Labute approximate surface area is 108 Å². The zero-order valence-corrected chi connectivity index (χ0v) is 10.2. The summed E-state index contributed by atoms with van der Waals surface area (Å²) in [6, 6.07) is 8.54. The third-order valence-corrected chi connectivity index (χ3v) is 2.64. The highest BCUT2D eigenvalue weighted by atomic mass is 19.4. The monoisotopic (exact) mass is 267 g/mol. The van der Waals surface area contributed by atoms with Crippen molar-refractivity contribution in [2.45, 2.75) is 12.8 Å². The van der Waals surface area contributed by atoms with Gasteiger partial charge in [0.25, 0.3) is 0 Å². The van der Waals surface area contributed by atoms with Gasteiger partial charge < -0.3 is 4.74 Å². The van der Waals surface area contributed by atoms with Crippen LogP contribution >= 0.6 is 0 Å². The molecule has 0 saturated carbocycles. The molecule has 0 atom stereocenters. The average Bonchev–Trinajstić information content (AvgIpc) is 2.39. The van der Waals surface area contributed by atoms with Gasteiger partial charge in [-0.05, 0) is 23.8 Å². The fourth-order valence-corrected chi connectivity index (χ4v) is 1.68. The molecular weight excluding hydrogens is 255 g/mol. The van der Waals surface area contributed by atoms with E-state index < -0.39 is 11.7 Å². The molecule has 0 spiro atoms. The molecule has 0 aliphatic heterocycles. The van der Waals surface area contributed by atoms with Crippen molar-refractivity contribution in [3.63, 3.8) is 0 Å². The first-order chi connectivity index (χ1) is 9.00. The summed E-state index contributed by atoms with van der Waals surface area (Å²) in [6.45, 7) is 0.459. The second-order valence-corrected chi connectivity index (χ2v) is 4.06. The summed E-state index contributed by atoms with van der Waals surface area (Å²) < 4.78 is 42.3. The van der Waals surface area contributed by atoms with E-state index in [4.69, 9.17) is 4.74 Å². The molecule has 0 aliphatic rings. The van der Waals surface area contributed by atoms with Crippen molar-refractivity contribution < 1.29 is 17.9 Å². The molecule has 1 aromatic carbocycles. The van der Waals surface area contributed by atoms with E-state index in [1.54, 1.807) is 19.4 Å². The molecule has 1 aromatic heterocycles. The van der Waals surface area contributed by atoms with Crippen molar-refractivity contribution in [1.29, 1.82) is 0 Å². The van der Waals surface area contributed by atoms with Crippen molar-refractivity contribution in [3.8, 4) is 11.3 Å². The summed E-state index contributed by atoms with van der Waals surface area (Å²) >= 11 is 0. The van der Waals surface area contributed by atoms with Gasteiger partial charge in [0, 0.05) is 18.9 Å². The lowest BCUT2D eigenvalue weighted by Crippen LogP contribution is -2.04. The van der Waals surface area contributed by atoms with Crippen LogP contribution in [-0.4, -0.2) is 12.1 Å². The molecule has 100 valence electrons. The summed E-state index contributed by atoms with van der Waals surface area (Å²) in [5, 5.41) is 0. The zero-order valence-electron chi connectivity index (χ0n) is 10.2. The van der Waals surface area contributed by atoms with Crippen LogP contribution in [0.2, 0.25) is 0 Å². The van der Waals surface area contributed by atoms with Crippen LogP contribution in [0.5, 0.6) is 0 Å². The van der Waals surface area contributed by atoms with Crippen LogP contribution in [0.4, 0.5) is 13.2 Å². The summed E-state index contributed by atoms with van der Waals surface area (Å²) in [5.74, 6) is 0.